The molecule has 0 saturated heterocycles. The molecule has 0 aliphatic rings. The molecule has 5 heteroatoms. The standard InChI is InChI=1S/C18H14N4S/c1-3-14-10-16(13-7-8-15-17(9-13)23-11-19-15)22(21-14)18-6-4-5-12(2)20-18/h3-11H,1H2,2H3. The highest BCUT2D eigenvalue weighted by Crippen LogP contribution is 2.28. The number of aryl methyl sites for hydroxylation is 1. The molecule has 4 rings (SSSR count). The van der Waals surface area contributed by atoms with Gasteiger partial charge in [0.05, 0.1) is 27.1 Å². The van der Waals surface area contributed by atoms with Gasteiger partial charge in [-0.1, -0.05) is 18.7 Å². The number of pyridine rings is 1. The summed E-state index contributed by atoms with van der Waals surface area (Å²) in [6.45, 7) is 5.80. The van der Waals surface area contributed by atoms with Crippen molar-refractivity contribution in [1.82, 2.24) is 19.7 Å². The zero-order chi connectivity index (χ0) is 15.8. The lowest BCUT2D eigenvalue weighted by molar-refractivity contribution is 0.844. The van der Waals surface area contributed by atoms with Gasteiger partial charge in [-0.3, -0.25) is 0 Å². The van der Waals surface area contributed by atoms with E-state index < -0.39 is 0 Å². The van der Waals surface area contributed by atoms with Gasteiger partial charge in [0.15, 0.2) is 5.82 Å². The van der Waals surface area contributed by atoms with E-state index in [9.17, 15) is 0 Å². The summed E-state index contributed by atoms with van der Waals surface area (Å²) in [6.07, 6.45) is 1.75. The average Bonchev–Trinajstić information content (AvgIpc) is 3.20. The molecule has 0 aliphatic carbocycles. The summed E-state index contributed by atoms with van der Waals surface area (Å²) in [5.74, 6) is 0.803. The van der Waals surface area contributed by atoms with Gasteiger partial charge in [0, 0.05) is 11.3 Å². The minimum atomic E-state index is 0.803. The monoisotopic (exact) mass is 318 g/mol. The van der Waals surface area contributed by atoms with Crippen LogP contribution in [0.1, 0.15) is 11.4 Å². The largest absolute Gasteiger partial charge is 0.245 e. The molecule has 4 aromatic rings. The van der Waals surface area contributed by atoms with Gasteiger partial charge in [0.2, 0.25) is 0 Å². The van der Waals surface area contributed by atoms with Crippen LogP contribution in [0.25, 0.3) is 33.4 Å². The molecule has 3 aromatic heterocycles. The average molecular weight is 318 g/mol. The molecule has 1 aromatic carbocycles. The summed E-state index contributed by atoms with van der Waals surface area (Å²) in [6, 6.07) is 14.2. The number of aromatic nitrogens is 4. The van der Waals surface area contributed by atoms with Crippen molar-refractivity contribution >= 4 is 27.6 Å². The van der Waals surface area contributed by atoms with Crippen LogP contribution in [0.2, 0.25) is 0 Å². The molecule has 0 fully saturated rings. The Hall–Kier alpha value is -2.79. The minimum Gasteiger partial charge on any atom is -0.245 e. The molecule has 0 aliphatic heterocycles. The van der Waals surface area contributed by atoms with Crippen LogP contribution in [0.5, 0.6) is 0 Å². The Morgan fingerprint density at radius 2 is 2.09 bits per heavy atom. The lowest BCUT2D eigenvalue weighted by Crippen LogP contribution is -2.02. The van der Waals surface area contributed by atoms with Crippen molar-refractivity contribution < 1.29 is 0 Å². The Balaban J connectivity index is 1.93. The predicted octanol–water partition coefficient (Wildman–Crippen LogP) is 4.50. The molecule has 0 unspecified atom stereocenters. The summed E-state index contributed by atoms with van der Waals surface area (Å²) in [4.78, 5) is 8.92. The smallest absolute Gasteiger partial charge is 0.154 e. The van der Waals surface area contributed by atoms with Crippen LogP contribution >= 0.6 is 11.3 Å². The van der Waals surface area contributed by atoms with Gasteiger partial charge in [-0.05, 0) is 43.3 Å². The van der Waals surface area contributed by atoms with E-state index >= 15 is 0 Å². The van der Waals surface area contributed by atoms with E-state index in [1.807, 2.05) is 47.4 Å². The van der Waals surface area contributed by atoms with Crippen LogP contribution in [0, 0.1) is 6.92 Å². The van der Waals surface area contributed by atoms with E-state index in [0.717, 1.165) is 38.7 Å². The van der Waals surface area contributed by atoms with Gasteiger partial charge >= 0.3 is 0 Å². The molecule has 0 atom stereocenters. The summed E-state index contributed by atoms with van der Waals surface area (Å²) in [5.41, 5.74) is 6.75. The molecule has 0 amide bonds. The second kappa shape index (κ2) is 5.44. The van der Waals surface area contributed by atoms with Crippen molar-refractivity contribution in [3.63, 3.8) is 0 Å². The van der Waals surface area contributed by atoms with Crippen LogP contribution in [0.3, 0.4) is 0 Å². The number of rotatable bonds is 3. The van der Waals surface area contributed by atoms with E-state index in [1.165, 1.54) is 0 Å². The second-order valence-electron chi connectivity index (χ2n) is 5.24. The normalized spacial score (nSPS) is 11.0. The first-order chi connectivity index (χ1) is 11.2. The maximum Gasteiger partial charge on any atom is 0.154 e. The van der Waals surface area contributed by atoms with Crippen LogP contribution in [-0.4, -0.2) is 19.7 Å². The predicted molar refractivity (Wildman–Crippen MR) is 94.8 cm³/mol. The first-order valence-corrected chi connectivity index (χ1v) is 8.13. The van der Waals surface area contributed by atoms with E-state index in [0.29, 0.717) is 0 Å². The summed E-state index contributed by atoms with van der Waals surface area (Å²) < 4.78 is 3.03. The Labute approximate surface area is 137 Å². The maximum absolute atomic E-state index is 4.61. The number of hydrogen-bond donors (Lipinski definition) is 0. The number of thiazole rings is 1. The van der Waals surface area contributed by atoms with Gasteiger partial charge in [0.1, 0.15) is 0 Å². The molecule has 4 nitrogen and oxygen atoms in total. The van der Waals surface area contributed by atoms with Gasteiger partial charge in [-0.2, -0.15) is 5.10 Å². The molecule has 23 heavy (non-hydrogen) atoms. The molecular weight excluding hydrogens is 304 g/mol. The van der Waals surface area contributed by atoms with Gasteiger partial charge < -0.3 is 0 Å². The van der Waals surface area contributed by atoms with Gasteiger partial charge in [0.25, 0.3) is 0 Å². The molecule has 0 N–H and O–H groups in total. The highest BCUT2D eigenvalue weighted by molar-refractivity contribution is 7.16. The van der Waals surface area contributed by atoms with Crippen molar-refractivity contribution in [3.05, 3.63) is 65.9 Å². The third-order valence-electron chi connectivity index (χ3n) is 3.66. The van der Waals surface area contributed by atoms with Crippen LogP contribution in [0.15, 0.2) is 54.6 Å². The van der Waals surface area contributed by atoms with Gasteiger partial charge in [-0.15, -0.1) is 11.3 Å². The van der Waals surface area contributed by atoms with Crippen molar-refractivity contribution in [2.75, 3.05) is 0 Å². The van der Waals surface area contributed by atoms with Crippen LogP contribution < -0.4 is 0 Å². The maximum atomic E-state index is 4.61. The fourth-order valence-corrected chi connectivity index (χ4v) is 3.26. The Kier molecular flexibility index (Phi) is 3.28. The fraction of sp³-hybridized carbons (Fsp3) is 0.0556. The Morgan fingerprint density at radius 3 is 2.91 bits per heavy atom. The van der Waals surface area contributed by atoms with E-state index in [-0.39, 0.29) is 0 Å². The first kappa shape index (κ1) is 13.8. The SMILES string of the molecule is C=Cc1cc(-c2ccc3ncsc3c2)n(-c2cccc(C)n2)n1. The Morgan fingerprint density at radius 1 is 1.17 bits per heavy atom. The fourth-order valence-electron chi connectivity index (χ4n) is 2.54. The number of fused-ring (bicyclic) bond motifs is 1. The quantitative estimate of drug-likeness (QED) is 0.559. The van der Waals surface area contributed by atoms with Crippen molar-refractivity contribution in [2.45, 2.75) is 6.92 Å². The molecule has 112 valence electrons. The van der Waals surface area contributed by atoms with Gasteiger partial charge in [-0.25, -0.2) is 14.6 Å². The van der Waals surface area contributed by atoms with Crippen molar-refractivity contribution in [1.29, 1.82) is 0 Å². The molecule has 3 heterocycles. The van der Waals surface area contributed by atoms with E-state index in [1.54, 1.807) is 17.4 Å². The zero-order valence-corrected chi connectivity index (χ0v) is 13.4. The zero-order valence-electron chi connectivity index (χ0n) is 12.6. The number of hydrogen-bond acceptors (Lipinski definition) is 4. The second-order valence-corrected chi connectivity index (χ2v) is 6.13. The summed E-state index contributed by atoms with van der Waals surface area (Å²) in [7, 11) is 0. The third kappa shape index (κ3) is 2.45. The number of benzene rings is 1. The topological polar surface area (TPSA) is 43.6 Å². The molecule has 0 radical (unpaired) electrons. The lowest BCUT2D eigenvalue weighted by Gasteiger charge is -2.07. The first-order valence-electron chi connectivity index (χ1n) is 7.25. The number of nitrogens with zero attached hydrogens (tertiary/aromatic N) is 4. The van der Waals surface area contributed by atoms with Crippen LogP contribution in [-0.2, 0) is 0 Å². The molecular formula is C18H14N4S. The summed E-state index contributed by atoms with van der Waals surface area (Å²) in [5, 5.41) is 4.61. The lowest BCUT2D eigenvalue weighted by atomic mass is 10.1. The molecule has 0 bridgehead atoms. The Bertz CT molecular complexity index is 1010. The minimum absolute atomic E-state index is 0.803. The van der Waals surface area contributed by atoms with E-state index in [4.69, 9.17) is 0 Å². The highest BCUT2D eigenvalue weighted by Gasteiger charge is 2.12. The highest BCUT2D eigenvalue weighted by atomic mass is 32.1. The van der Waals surface area contributed by atoms with E-state index in [2.05, 4.69) is 33.8 Å². The van der Waals surface area contributed by atoms with Crippen molar-refractivity contribution in [2.24, 2.45) is 0 Å². The summed E-state index contributed by atoms with van der Waals surface area (Å²) >= 11 is 1.64. The molecule has 0 saturated carbocycles. The third-order valence-corrected chi connectivity index (χ3v) is 4.45. The van der Waals surface area contributed by atoms with Crippen molar-refractivity contribution in [3.8, 4) is 17.1 Å². The van der Waals surface area contributed by atoms with Crippen LogP contribution in [0.4, 0.5) is 0 Å². The molecule has 0 spiro atoms.